The smallest absolute Gasteiger partial charge is 0.232 e. The summed E-state index contributed by atoms with van der Waals surface area (Å²) in [5, 5.41) is 0. The number of hydrogen-bond donors (Lipinski definition) is 1. The lowest BCUT2D eigenvalue weighted by Crippen LogP contribution is -2.48. The van der Waals surface area contributed by atoms with Gasteiger partial charge in [-0.2, -0.15) is 11.8 Å². The van der Waals surface area contributed by atoms with Crippen LogP contribution in [0.15, 0.2) is 0 Å². The number of nitrogens with zero attached hydrogens (tertiary/aromatic N) is 2. The number of hydrogen-bond acceptors (Lipinski definition) is 4. The first-order valence-electron chi connectivity index (χ1n) is 7.52. The van der Waals surface area contributed by atoms with E-state index >= 15 is 0 Å². The van der Waals surface area contributed by atoms with Crippen molar-refractivity contribution in [1.29, 1.82) is 0 Å². The van der Waals surface area contributed by atoms with E-state index in [1.165, 1.54) is 6.42 Å². The fourth-order valence-corrected chi connectivity index (χ4v) is 3.42. The Labute approximate surface area is 122 Å². The predicted octanol–water partition coefficient (Wildman–Crippen LogP) is 1.40. The molecule has 1 rings (SSSR count). The van der Waals surface area contributed by atoms with E-state index in [9.17, 15) is 4.79 Å². The molecule has 2 N–H and O–H groups in total. The summed E-state index contributed by atoms with van der Waals surface area (Å²) in [4.78, 5) is 16.6. The Morgan fingerprint density at radius 3 is 2.74 bits per heavy atom. The van der Waals surface area contributed by atoms with Crippen LogP contribution in [0.5, 0.6) is 0 Å². The van der Waals surface area contributed by atoms with Crippen LogP contribution in [0.2, 0.25) is 0 Å². The highest BCUT2D eigenvalue weighted by molar-refractivity contribution is 7.99. The van der Waals surface area contributed by atoms with E-state index in [0.29, 0.717) is 12.3 Å². The molecule has 0 aliphatic carbocycles. The van der Waals surface area contributed by atoms with Crippen molar-refractivity contribution < 1.29 is 4.79 Å². The summed E-state index contributed by atoms with van der Waals surface area (Å²) in [6.07, 6.45) is 3.42. The van der Waals surface area contributed by atoms with Crippen LogP contribution in [-0.2, 0) is 4.79 Å². The molecule has 0 radical (unpaired) electrons. The second-order valence-corrected chi connectivity index (χ2v) is 6.16. The van der Waals surface area contributed by atoms with Crippen molar-refractivity contribution in [2.45, 2.75) is 39.2 Å². The van der Waals surface area contributed by atoms with Gasteiger partial charge in [0.2, 0.25) is 5.91 Å². The van der Waals surface area contributed by atoms with Crippen LogP contribution >= 0.6 is 11.8 Å². The molecule has 0 aromatic heterocycles. The molecule has 19 heavy (non-hydrogen) atoms. The van der Waals surface area contributed by atoms with Crippen molar-refractivity contribution in [3.8, 4) is 0 Å². The minimum absolute atomic E-state index is 0.277. The average molecular weight is 287 g/mol. The molecule has 112 valence electrons. The molecule has 0 saturated carbocycles. The van der Waals surface area contributed by atoms with Gasteiger partial charge in [0, 0.05) is 31.4 Å². The third-order valence-electron chi connectivity index (χ3n) is 3.89. The zero-order valence-electron chi connectivity index (χ0n) is 12.4. The third-order valence-corrected chi connectivity index (χ3v) is 4.81. The van der Waals surface area contributed by atoms with E-state index in [1.54, 1.807) is 11.8 Å². The van der Waals surface area contributed by atoms with Crippen molar-refractivity contribution in [3.05, 3.63) is 0 Å². The SMILES string of the molecule is CCN(CC)CCSCC(=O)N1CCCCC1CN. The van der Waals surface area contributed by atoms with Gasteiger partial charge in [-0.15, -0.1) is 0 Å². The second kappa shape index (κ2) is 9.61. The van der Waals surface area contributed by atoms with Crippen LogP contribution in [0.25, 0.3) is 0 Å². The van der Waals surface area contributed by atoms with E-state index in [4.69, 9.17) is 5.73 Å². The van der Waals surface area contributed by atoms with Crippen LogP contribution in [0.4, 0.5) is 0 Å². The molecule has 1 fully saturated rings. The predicted molar refractivity (Wildman–Crippen MR) is 83.5 cm³/mol. The number of carbonyl (C=O) groups excluding carboxylic acids is 1. The molecule has 5 heteroatoms. The molecule has 1 unspecified atom stereocenters. The fourth-order valence-electron chi connectivity index (χ4n) is 2.55. The number of rotatable bonds is 8. The number of thioether (sulfide) groups is 1. The summed E-state index contributed by atoms with van der Waals surface area (Å²) < 4.78 is 0. The number of piperidine rings is 1. The normalized spacial score (nSPS) is 20.0. The van der Waals surface area contributed by atoms with Crippen LogP contribution in [-0.4, -0.2) is 66.0 Å². The minimum Gasteiger partial charge on any atom is -0.338 e. The molecule has 1 atom stereocenters. The molecule has 1 aliphatic heterocycles. The summed E-state index contributed by atoms with van der Waals surface area (Å²) in [5.74, 6) is 1.92. The standard InChI is InChI=1S/C14H29N3OS/c1-3-16(4-2)9-10-19-12-14(18)17-8-6-5-7-13(17)11-15/h13H,3-12,15H2,1-2H3. The summed E-state index contributed by atoms with van der Waals surface area (Å²) in [7, 11) is 0. The number of nitrogens with two attached hydrogens (primary N) is 1. The van der Waals surface area contributed by atoms with E-state index < -0.39 is 0 Å². The lowest BCUT2D eigenvalue weighted by atomic mass is 10.0. The van der Waals surface area contributed by atoms with Gasteiger partial charge >= 0.3 is 0 Å². The first-order chi connectivity index (χ1) is 9.22. The van der Waals surface area contributed by atoms with E-state index in [0.717, 1.165) is 44.8 Å². The first kappa shape index (κ1) is 16.8. The van der Waals surface area contributed by atoms with Gasteiger partial charge in [0.05, 0.1) is 5.75 Å². The molecule has 0 aromatic carbocycles. The van der Waals surface area contributed by atoms with Gasteiger partial charge in [-0.25, -0.2) is 0 Å². The van der Waals surface area contributed by atoms with Crippen molar-refractivity contribution in [2.75, 3.05) is 44.2 Å². The van der Waals surface area contributed by atoms with Crippen LogP contribution in [0, 0.1) is 0 Å². The summed E-state index contributed by atoms with van der Waals surface area (Å²) >= 11 is 1.75. The zero-order valence-corrected chi connectivity index (χ0v) is 13.3. The van der Waals surface area contributed by atoms with Gasteiger partial charge in [-0.05, 0) is 32.4 Å². The van der Waals surface area contributed by atoms with Crippen molar-refractivity contribution in [3.63, 3.8) is 0 Å². The van der Waals surface area contributed by atoms with E-state index in [1.807, 2.05) is 4.90 Å². The maximum absolute atomic E-state index is 12.2. The van der Waals surface area contributed by atoms with E-state index in [2.05, 4.69) is 18.7 Å². The molecule has 0 aromatic rings. The van der Waals surface area contributed by atoms with Crippen LogP contribution in [0.3, 0.4) is 0 Å². The van der Waals surface area contributed by atoms with E-state index in [-0.39, 0.29) is 11.9 Å². The second-order valence-electron chi connectivity index (χ2n) is 5.05. The quantitative estimate of drug-likeness (QED) is 0.686. The largest absolute Gasteiger partial charge is 0.338 e. The van der Waals surface area contributed by atoms with Crippen molar-refractivity contribution in [1.82, 2.24) is 9.80 Å². The molecular formula is C14H29N3OS. The third kappa shape index (κ3) is 5.71. The topological polar surface area (TPSA) is 49.6 Å². The number of likely N-dealkylation sites (tertiary alicyclic amines) is 1. The van der Waals surface area contributed by atoms with Gasteiger partial charge < -0.3 is 15.5 Å². The van der Waals surface area contributed by atoms with Gasteiger partial charge in [-0.1, -0.05) is 13.8 Å². The van der Waals surface area contributed by atoms with Gasteiger partial charge in [0.1, 0.15) is 0 Å². The van der Waals surface area contributed by atoms with Gasteiger partial charge in [-0.3, -0.25) is 4.79 Å². The zero-order chi connectivity index (χ0) is 14.1. The fraction of sp³-hybridized carbons (Fsp3) is 0.929. The lowest BCUT2D eigenvalue weighted by molar-refractivity contribution is -0.131. The highest BCUT2D eigenvalue weighted by atomic mass is 32.2. The molecule has 1 heterocycles. The van der Waals surface area contributed by atoms with Gasteiger partial charge in [0.15, 0.2) is 0 Å². The lowest BCUT2D eigenvalue weighted by Gasteiger charge is -2.35. The molecule has 1 aliphatic rings. The Bertz CT molecular complexity index is 259. The Balaban J connectivity index is 2.22. The van der Waals surface area contributed by atoms with Crippen LogP contribution in [0.1, 0.15) is 33.1 Å². The first-order valence-corrected chi connectivity index (χ1v) is 8.68. The Morgan fingerprint density at radius 1 is 1.37 bits per heavy atom. The summed E-state index contributed by atoms with van der Waals surface area (Å²) in [5.41, 5.74) is 5.75. The minimum atomic E-state index is 0.277. The van der Waals surface area contributed by atoms with Crippen LogP contribution < -0.4 is 5.73 Å². The van der Waals surface area contributed by atoms with Crippen molar-refractivity contribution in [2.24, 2.45) is 5.73 Å². The molecule has 0 bridgehead atoms. The summed E-state index contributed by atoms with van der Waals surface area (Å²) in [6.45, 7) is 9.12. The molecule has 1 amide bonds. The molecule has 0 spiro atoms. The molecule has 4 nitrogen and oxygen atoms in total. The maximum atomic E-state index is 12.2. The number of carbonyl (C=O) groups is 1. The molecule has 1 saturated heterocycles. The summed E-state index contributed by atoms with van der Waals surface area (Å²) in [6, 6.07) is 0.282. The highest BCUT2D eigenvalue weighted by Crippen LogP contribution is 2.17. The maximum Gasteiger partial charge on any atom is 0.232 e. The Hall–Kier alpha value is -0.260. The van der Waals surface area contributed by atoms with Crippen molar-refractivity contribution >= 4 is 17.7 Å². The Morgan fingerprint density at radius 2 is 2.11 bits per heavy atom. The number of amides is 1. The highest BCUT2D eigenvalue weighted by Gasteiger charge is 2.24. The molecular weight excluding hydrogens is 258 g/mol. The monoisotopic (exact) mass is 287 g/mol. The Kier molecular flexibility index (Phi) is 8.50. The average Bonchev–Trinajstić information content (AvgIpc) is 2.47. The van der Waals surface area contributed by atoms with Gasteiger partial charge in [0.25, 0.3) is 0 Å².